The van der Waals surface area contributed by atoms with Crippen molar-refractivity contribution in [2.24, 2.45) is 0 Å². The second kappa shape index (κ2) is 14.4. The van der Waals surface area contributed by atoms with Gasteiger partial charge in [-0.25, -0.2) is 9.07 Å². The number of nitriles is 1. The Labute approximate surface area is 289 Å². The van der Waals surface area contributed by atoms with Gasteiger partial charge in [0.1, 0.15) is 11.8 Å². The highest BCUT2D eigenvalue weighted by Crippen LogP contribution is 2.38. The Balaban J connectivity index is 1.52. The molecular formula is C35H36Cl3FN8. The number of halogens is 4. The zero-order valence-corrected chi connectivity index (χ0v) is 28.9. The van der Waals surface area contributed by atoms with Crippen molar-refractivity contribution in [1.29, 1.82) is 5.26 Å². The van der Waals surface area contributed by atoms with Crippen molar-refractivity contribution in [3.8, 4) is 6.07 Å². The van der Waals surface area contributed by atoms with Gasteiger partial charge in [-0.15, -0.1) is 5.10 Å². The minimum absolute atomic E-state index is 0.0486. The first-order valence-electron chi connectivity index (χ1n) is 15.2. The molecule has 0 saturated carbocycles. The van der Waals surface area contributed by atoms with E-state index >= 15 is 0 Å². The van der Waals surface area contributed by atoms with Crippen LogP contribution >= 0.6 is 34.8 Å². The number of nitrogens with zero attached hydrogens (tertiary/aromatic N) is 6. The van der Waals surface area contributed by atoms with E-state index in [1.54, 1.807) is 30.4 Å². The first-order chi connectivity index (χ1) is 22.4. The fourth-order valence-corrected chi connectivity index (χ4v) is 6.11. The van der Waals surface area contributed by atoms with Gasteiger partial charge in [0.2, 0.25) is 0 Å². The second-order valence-electron chi connectivity index (χ2n) is 12.4. The van der Waals surface area contributed by atoms with Gasteiger partial charge >= 0.3 is 0 Å². The highest BCUT2D eigenvalue weighted by Gasteiger charge is 2.29. The number of nitrogens with one attached hydrogen (secondary N) is 2. The van der Waals surface area contributed by atoms with Crippen LogP contribution in [0.5, 0.6) is 0 Å². The molecule has 0 radical (unpaired) electrons. The number of rotatable bonds is 9. The van der Waals surface area contributed by atoms with Gasteiger partial charge in [-0.3, -0.25) is 9.88 Å². The van der Waals surface area contributed by atoms with Crippen molar-refractivity contribution in [2.45, 2.75) is 58.2 Å². The summed E-state index contributed by atoms with van der Waals surface area (Å²) in [5.74, 6) is -0.640. The average molecular weight is 694 g/mol. The summed E-state index contributed by atoms with van der Waals surface area (Å²) in [6.45, 7) is 14.8. The Kier molecular flexibility index (Phi) is 10.6. The van der Waals surface area contributed by atoms with Gasteiger partial charge in [-0.05, 0) is 76.5 Å². The predicted octanol–water partition coefficient (Wildman–Crippen LogP) is 9.73. The quantitative estimate of drug-likeness (QED) is 0.169. The summed E-state index contributed by atoms with van der Waals surface area (Å²) in [6.07, 6.45) is 10.7. The van der Waals surface area contributed by atoms with E-state index in [1.807, 2.05) is 23.9 Å². The molecule has 2 N–H and O–H groups in total. The van der Waals surface area contributed by atoms with Crippen LogP contribution in [-0.2, 0) is 0 Å². The molecule has 0 spiro atoms. The molecule has 0 amide bonds. The summed E-state index contributed by atoms with van der Waals surface area (Å²) < 4.78 is 16.9. The molecule has 0 aliphatic carbocycles. The Morgan fingerprint density at radius 3 is 2.60 bits per heavy atom. The van der Waals surface area contributed by atoms with Crippen LogP contribution < -0.4 is 10.6 Å². The molecule has 2 aromatic carbocycles. The van der Waals surface area contributed by atoms with E-state index in [0.29, 0.717) is 43.6 Å². The second-order valence-corrected chi connectivity index (χ2v) is 13.7. The van der Waals surface area contributed by atoms with Crippen LogP contribution in [0, 0.1) is 17.1 Å². The Hall–Kier alpha value is -3.94. The number of piperidine rings is 1. The lowest BCUT2D eigenvalue weighted by Gasteiger charge is -2.40. The van der Waals surface area contributed by atoms with Crippen LogP contribution in [-0.4, -0.2) is 43.5 Å². The largest absolute Gasteiger partial charge is 0.373 e. The third-order valence-corrected chi connectivity index (χ3v) is 9.21. The number of benzene rings is 2. The zero-order valence-electron chi connectivity index (χ0n) is 26.7. The molecule has 1 atom stereocenters. The number of anilines is 3. The van der Waals surface area contributed by atoms with Crippen LogP contribution in [0.4, 0.5) is 21.5 Å². The van der Waals surface area contributed by atoms with Gasteiger partial charge in [0, 0.05) is 40.9 Å². The molecule has 0 bridgehead atoms. The Morgan fingerprint density at radius 1 is 1.17 bits per heavy atom. The van der Waals surface area contributed by atoms with E-state index in [-0.39, 0.29) is 27.9 Å². The molecule has 244 valence electrons. The molecule has 47 heavy (non-hydrogen) atoms. The van der Waals surface area contributed by atoms with E-state index in [4.69, 9.17) is 34.8 Å². The molecule has 12 heteroatoms. The predicted molar refractivity (Wildman–Crippen MR) is 190 cm³/mol. The lowest BCUT2D eigenvalue weighted by atomic mass is 9.98. The number of fused-ring (bicyclic) bond motifs is 1. The maximum Gasteiger partial charge on any atom is 0.165 e. The minimum Gasteiger partial charge on any atom is -0.373 e. The number of aromatic nitrogens is 4. The van der Waals surface area contributed by atoms with Gasteiger partial charge < -0.3 is 10.6 Å². The smallest absolute Gasteiger partial charge is 0.165 e. The van der Waals surface area contributed by atoms with Crippen molar-refractivity contribution in [3.05, 3.63) is 105 Å². The molecule has 8 nitrogen and oxygen atoms in total. The minimum atomic E-state index is -0.640. The van der Waals surface area contributed by atoms with Gasteiger partial charge in [0.15, 0.2) is 5.82 Å². The van der Waals surface area contributed by atoms with Crippen LogP contribution in [0.3, 0.4) is 0 Å². The van der Waals surface area contributed by atoms with Gasteiger partial charge in [0.25, 0.3) is 0 Å². The van der Waals surface area contributed by atoms with Gasteiger partial charge in [-0.2, -0.15) is 5.26 Å². The van der Waals surface area contributed by atoms with Crippen molar-refractivity contribution >= 4 is 62.8 Å². The Bertz CT molecular complexity index is 1900. The molecule has 4 aromatic rings. The number of hydrogen-bond donors (Lipinski definition) is 2. The summed E-state index contributed by atoms with van der Waals surface area (Å²) in [6, 6.07) is 9.99. The van der Waals surface area contributed by atoms with Crippen LogP contribution in [0.25, 0.3) is 10.9 Å². The molecule has 1 fully saturated rings. The summed E-state index contributed by atoms with van der Waals surface area (Å²) in [7, 11) is 0. The number of allylic oxidation sites excluding steroid dienone is 3. The molecule has 1 saturated heterocycles. The molecule has 2 aromatic heterocycles. The first kappa shape index (κ1) is 34.4. The van der Waals surface area contributed by atoms with Crippen LogP contribution in [0.2, 0.25) is 10.0 Å². The summed E-state index contributed by atoms with van der Waals surface area (Å²) in [4.78, 5) is 6.91. The van der Waals surface area contributed by atoms with Gasteiger partial charge in [0.05, 0.1) is 50.8 Å². The zero-order chi connectivity index (χ0) is 33.9. The van der Waals surface area contributed by atoms with Crippen molar-refractivity contribution < 1.29 is 4.39 Å². The molecule has 1 aliphatic rings. The lowest BCUT2D eigenvalue weighted by molar-refractivity contribution is 0.0866. The van der Waals surface area contributed by atoms with Crippen LogP contribution in [0.1, 0.15) is 63.9 Å². The Morgan fingerprint density at radius 2 is 1.91 bits per heavy atom. The first-order valence-corrected chi connectivity index (χ1v) is 16.4. The maximum atomic E-state index is 14.9. The highest BCUT2D eigenvalue weighted by atomic mass is 35.5. The summed E-state index contributed by atoms with van der Waals surface area (Å²) in [5, 5.41) is 26.9. The molecule has 5 rings (SSSR count). The molecule has 1 aliphatic heterocycles. The van der Waals surface area contributed by atoms with Crippen molar-refractivity contribution in [1.82, 2.24) is 24.9 Å². The van der Waals surface area contributed by atoms with Crippen molar-refractivity contribution in [2.75, 3.05) is 23.7 Å². The van der Waals surface area contributed by atoms with E-state index in [2.05, 4.69) is 64.2 Å². The molecule has 0 unspecified atom stereocenters. The molecule has 3 heterocycles. The van der Waals surface area contributed by atoms with E-state index in [0.717, 1.165) is 25.9 Å². The lowest BCUT2D eigenvalue weighted by Crippen LogP contribution is -2.46. The molecular weight excluding hydrogens is 658 g/mol. The standard InChI is InChI=1S/C35H36Cl3FN8/c1-6-23(36)11-10-21(2)32(30-20-47(45-44-30)25-12-14-46(15-13-25)35(3,4)5)42-24-16-26-33(43-29-9-7-8-27(37)31(29)39)22(18-40)19-41-34(26)28(38)17-24/h6-11,16-17,19-20,25,32,42H,2,12-15H2,1,3-5H3,(H,41,43)/b11-10-,23-6+/t32-/m0/s1. The third-order valence-electron chi connectivity index (χ3n) is 8.28. The van der Waals surface area contributed by atoms with Gasteiger partial charge in [-0.1, -0.05) is 64.8 Å². The average Bonchev–Trinajstić information content (AvgIpc) is 3.54. The normalized spacial score (nSPS) is 15.6. The summed E-state index contributed by atoms with van der Waals surface area (Å²) in [5.41, 5.74) is 3.14. The summed E-state index contributed by atoms with van der Waals surface area (Å²) >= 11 is 19.1. The number of likely N-dealkylation sites (tertiary alicyclic amines) is 1. The highest BCUT2D eigenvalue weighted by molar-refractivity contribution is 6.36. The number of hydrogen-bond acceptors (Lipinski definition) is 7. The number of pyridine rings is 1. The van der Waals surface area contributed by atoms with Crippen LogP contribution in [0.15, 0.2) is 78.1 Å². The van der Waals surface area contributed by atoms with Crippen molar-refractivity contribution in [3.63, 3.8) is 0 Å². The monoisotopic (exact) mass is 692 g/mol. The SMILES string of the molecule is C=C(/C=C\C(Cl)=C/C)[C@H](Nc1cc(Cl)c2ncc(C#N)c(Nc3cccc(Cl)c3F)c2c1)c1cn(C2CCN(C(C)(C)C)CC2)nn1. The van der Waals surface area contributed by atoms with E-state index < -0.39 is 11.9 Å². The fraction of sp³-hybridized carbons (Fsp3) is 0.314. The maximum absolute atomic E-state index is 14.9. The van der Waals surface area contributed by atoms with E-state index in [1.165, 1.54) is 18.3 Å². The van der Waals surface area contributed by atoms with E-state index in [9.17, 15) is 9.65 Å². The third kappa shape index (κ3) is 7.79. The topological polar surface area (TPSA) is 94.7 Å². The fourth-order valence-electron chi connectivity index (χ4n) is 5.60.